The molecule has 0 N–H and O–H groups in total. The Morgan fingerprint density at radius 3 is 2.11 bits per heavy atom. The van der Waals surface area contributed by atoms with Gasteiger partial charge in [-0.2, -0.15) is 0 Å². The molecule has 0 aliphatic heterocycles. The van der Waals surface area contributed by atoms with Gasteiger partial charge in [-0.25, -0.2) is 4.79 Å². The predicted molar refractivity (Wildman–Crippen MR) is 108 cm³/mol. The molecule has 0 atom stereocenters. The van der Waals surface area contributed by atoms with Gasteiger partial charge in [-0.05, 0) is 80.3 Å². The van der Waals surface area contributed by atoms with Crippen molar-refractivity contribution in [2.75, 3.05) is 26.9 Å². The molecule has 0 saturated heterocycles. The number of hydrogen-bond acceptors (Lipinski definition) is 5. The van der Waals surface area contributed by atoms with Crippen molar-refractivity contribution >= 4 is 11.7 Å². The van der Waals surface area contributed by atoms with Gasteiger partial charge in [0.15, 0.2) is 0 Å². The first-order valence-corrected chi connectivity index (χ1v) is 9.60. The van der Waals surface area contributed by atoms with E-state index in [1.807, 2.05) is 31.2 Å². The molecule has 1 fully saturated rings. The zero-order valence-corrected chi connectivity index (χ0v) is 16.4. The summed E-state index contributed by atoms with van der Waals surface area (Å²) in [6.45, 7) is 3.23. The van der Waals surface area contributed by atoms with Crippen LogP contribution in [0.3, 0.4) is 0 Å². The second kappa shape index (κ2) is 9.95. The first kappa shape index (κ1) is 20.0. The van der Waals surface area contributed by atoms with E-state index in [1.165, 1.54) is 12.0 Å². The summed E-state index contributed by atoms with van der Waals surface area (Å²) in [6.07, 6.45) is 3.28. The number of carbonyl (C=O) groups excluding carboxylic acids is 1. The first-order valence-electron chi connectivity index (χ1n) is 9.60. The van der Waals surface area contributed by atoms with E-state index in [4.69, 9.17) is 18.9 Å². The number of benzene rings is 2. The molecule has 0 heterocycles. The third-order valence-corrected chi connectivity index (χ3v) is 4.54. The molecule has 5 heteroatoms. The molecule has 0 bridgehead atoms. The van der Waals surface area contributed by atoms with Crippen LogP contribution in [-0.4, -0.2) is 32.9 Å². The molecule has 0 amide bonds. The molecular weight excluding hydrogens is 356 g/mol. The zero-order valence-electron chi connectivity index (χ0n) is 16.4. The first-order chi connectivity index (χ1) is 13.7. The van der Waals surface area contributed by atoms with E-state index in [0.29, 0.717) is 24.5 Å². The van der Waals surface area contributed by atoms with E-state index in [2.05, 4.69) is 0 Å². The second-order valence-electron chi connectivity index (χ2n) is 6.50. The van der Waals surface area contributed by atoms with Crippen LogP contribution in [0.2, 0.25) is 0 Å². The average Bonchev–Trinajstić information content (AvgIpc) is 2.68. The summed E-state index contributed by atoms with van der Waals surface area (Å²) >= 11 is 0. The maximum Gasteiger partial charge on any atom is 0.338 e. The van der Waals surface area contributed by atoms with Crippen LogP contribution in [0.1, 0.15) is 42.1 Å². The zero-order chi connectivity index (χ0) is 19.8. The Kier molecular flexibility index (Phi) is 7.09. The van der Waals surface area contributed by atoms with Crippen molar-refractivity contribution in [3.63, 3.8) is 0 Å². The van der Waals surface area contributed by atoms with Gasteiger partial charge >= 0.3 is 5.97 Å². The summed E-state index contributed by atoms with van der Waals surface area (Å²) in [5.74, 6) is 2.06. The van der Waals surface area contributed by atoms with Gasteiger partial charge in [0.25, 0.3) is 0 Å². The number of hydrogen-bond donors (Lipinski definition) is 0. The molecule has 1 aliphatic carbocycles. The molecular formula is C23H26O5. The lowest BCUT2D eigenvalue weighted by Crippen LogP contribution is -2.10. The summed E-state index contributed by atoms with van der Waals surface area (Å²) in [5.41, 5.74) is 2.83. The average molecular weight is 382 g/mol. The van der Waals surface area contributed by atoms with Gasteiger partial charge in [0.2, 0.25) is 0 Å². The Morgan fingerprint density at radius 1 is 0.893 bits per heavy atom. The lowest BCUT2D eigenvalue weighted by atomic mass is 9.89. The Balaban J connectivity index is 1.71. The second-order valence-corrected chi connectivity index (χ2v) is 6.50. The fourth-order valence-electron chi connectivity index (χ4n) is 2.86. The molecule has 0 unspecified atom stereocenters. The highest BCUT2D eigenvalue weighted by Gasteiger charge is 2.18. The monoisotopic (exact) mass is 382 g/mol. The summed E-state index contributed by atoms with van der Waals surface area (Å²) in [5, 5.41) is 0. The maximum absolute atomic E-state index is 12.0. The van der Waals surface area contributed by atoms with Crippen LogP contribution >= 0.6 is 0 Å². The highest BCUT2D eigenvalue weighted by atomic mass is 16.6. The Bertz CT molecular complexity index is 800. The quantitative estimate of drug-likeness (QED) is 0.352. The summed E-state index contributed by atoms with van der Waals surface area (Å²) in [4.78, 5) is 12.0. The number of allylic oxidation sites excluding steroid dienone is 1. The fourth-order valence-corrected chi connectivity index (χ4v) is 2.86. The van der Waals surface area contributed by atoms with E-state index in [1.54, 1.807) is 31.4 Å². The van der Waals surface area contributed by atoms with Crippen molar-refractivity contribution in [3.05, 3.63) is 65.2 Å². The van der Waals surface area contributed by atoms with Crippen molar-refractivity contribution in [2.45, 2.75) is 26.2 Å². The summed E-state index contributed by atoms with van der Waals surface area (Å²) in [7, 11) is 1.57. The maximum atomic E-state index is 12.0. The third kappa shape index (κ3) is 5.14. The van der Waals surface area contributed by atoms with Crippen LogP contribution in [-0.2, 0) is 9.47 Å². The topological polar surface area (TPSA) is 54.0 Å². The molecule has 148 valence electrons. The number of esters is 1. The SMILES string of the molecule is CCOc1ccc(C(Oc2ccc(C(=O)OCCOC)cc2)=C2CCC2)cc1. The van der Waals surface area contributed by atoms with Crippen LogP contribution in [0.4, 0.5) is 0 Å². The number of ether oxygens (including phenoxy) is 4. The highest BCUT2D eigenvalue weighted by molar-refractivity contribution is 5.89. The van der Waals surface area contributed by atoms with Gasteiger partial charge in [-0.15, -0.1) is 0 Å². The van der Waals surface area contributed by atoms with Crippen LogP contribution in [0.15, 0.2) is 54.1 Å². The highest BCUT2D eigenvalue weighted by Crippen LogP contribution is 2.35. The van der Waals surface area contributed by atoms with Gasteiger partial charge in [-0.3, -0.25) is 0 Å². The van der Waals surface area contributed by atoms with Crippen molar-refractivity contribution in [1.82, 2.24) is 0 Å². The van der Waals surface area contributed by atoms with Crippen LogP contribution < -0.4 is 9.47 Å². The molecule has 2 aromatic carbocycles. The van der Waals surface area contributed by atoms with Gasteiger partial charge in [0.1, 0.15) is 23.9 Å². The normalized spacial score (nSPS) is 12.9. The molecule has 3 rings (SSSR count). The van der Waals surface area contributed by atoms with Crippen molar-refractivity contribution in [1.29, 1.82) is 0 Å². The minimum atomic E-state index is -0.368. The van der Waals surface area contributed by atoms with E-state index in [0.717, 1.165) is 29.9 Å². The van der Waals surface area contributed by atoms with Crippen molar-refractivity contribution in [3.8, 4) is 11.5 Å². The molecule has 0 spiro atoms. The Morgan fingerprint density at radius 2 is 1.54 bits per heavy atom. The molecule has 28 heavy (non-hydrogen) atoms. The molecule has 0 radical (unpaired) electrons. The van der Waals surface area contributed by atoms with Crippen LogP contribution in [0.5, 0.6) is 11.5 Å². The third-order valence-electron chi connectivity index (χ3n) is 4.54. The largest absolute Gasteiger partial charge is 0.494 e. The molecule has 5 nitrogen and oxygen atoms in total. The Hall–Kier alpha value is -2.79. The fraction of sp³-hybridized carbons (Fsp3) is 0.348. The van der Waals surface area contributed by atoms with E-state index < -0.39 is 0 Å². The molecule has 1 saturated carbocycles. The standard InChI is InChI=1S/C23H26O5/c1-3-26-20-11-7-18(8-12-20)22(17-5-4-6-17)28-21-13-9-19(10-14-21)23(24)27-16-15-25-2/h7-14H,3-6,15-16H2,1-2H3. The van der Waals surface area contributed by atoms with Crippen LogP contribution in [0, 0.1) is 0 Å². The van der Waals surface area contributed by atoms with Gasteiger partial charge in [0, 0.05) is 12.7 Å². The van der Waals surface area contributed by atoms with E-state index in [9.17, 15) is 4.79 Å². The Labute approximate surface area is 165 Å². The summed E-state index contributed by atoms with van der Waals surface area (Å²) in [6, 6.07) is 15.0. The molecule has 1 aliphatic rings. The number of carbonyl (C=O) groups is 1. The van der Waals surface area contributed by atoms with Crippen LogP contribution in [0.25, 0.3) is 5.76 Å². The summed E-state index contributed by atoms with van der Waals surface area (Å²) < 4.78 is 21.7. The van der Waals surface area contributed by atoms with E-state index in [-0.39, 0.29) is 12.6 Å². The number of rotatable bonds is 9. The lowest BCUT2D eigenvalue weighted by molar-refractivity contribution is 0.0388. The van der Waals surface area contributed by atoms with Crippen molar-refractivity contribution < 1.29 is 23.7 Å². The minimum absolute atomic E-state index is 0.238. The lowest BCUT2D eigenvalue weighted by Gasteiger charge is -2.22. The van der Waals surface area contributed by atoms with Crippen molar-refractivity contribution in [2.24, 2.45) is 0 Å². The smallest absolute Gasteiger partial charge is 0.338 e. The molecule has 0 aromatic heterocycles. The van der Waals surface area contributed by atoms with Gasteiger partial charge in [0.05, 0.1) is 18.8 Å². The number of methoxy groups -OCH3 is 1. The predicted octanol–water partition coefficient (Wildman–Crippen LogP) is 4.86. The van der Waals surface area contributed by atoms with Gasteiger partial charge < -0.3 is 18.9 Å². The molecule has 2 aromatic rings. The van der Waals surface area contributed by atoms with Gasteiger partial charge in [-0.1, -0.05) is 0 Å². The van der Waals surface area contributed by atoms with E-state index >= 15 is 0 Å². The minimum Gasteiger partial charge on any atom is -0.494 e.